The Bertz CT molecular complexity index is 1490. The second-order valence-electron chi connectivity index (χ2n) is 10.3. The molecular formula is C34H33N5O2. The lowest BCUT2D eigenvalue weighted by Gasteiger charge is -2.48. The number of aliphatic hydroxyl groups is 1. The number of tetrazole rings is 1. The predicted octanol–water partition coefficient (Wildman–Crippen LogP) is 5.17. The number of aliphatic hydroxyl groups excluding tert-OH is 1. The van der Waals surface area contributed by atoms with Crippen molar-refractivity contribution in [1.82, 2.24) is 25.1 Å². The molecule has 1 saturated heterocycles. The smallest absolute Gasteiger partial charge is 0.175 e. The highest BCUT2D eigenvalue weighted by Crippen LogP contribution is 2.44. The lowest BCUT2D eigenvalue weighted by molar-refractivity contribution is 0.0871. The van der Waals surface area contributed by atoms with Gasteiger partial charge in [0.15, 0.2) is 5.82 Å². The molecule has 6 rings (SSSR count). The maximum atomic E-state index is 11.2. The third-order valence-corrected chi connectivity index (χ3v) is 7.89. The number of hydrogen-bond acceptors (Lipinski definition) is 6. The van der Waals surface area contributed by atoms with Crippen LogP contribution in [-0.2, 0) is 12.1 Å². The van der Waals surface area contributed by atoms with Crippen molar-refractivity contribution in [2.75, 3.05) is 20.2 Å². The van der Waals surface area contributed by atoms with Gasteiger partial charge >= 0.3 is 0 Å². The quantitative estimate of drug-likeness (QED) is 0.272. The SMILES string of the molecule is COc1ccc(Cn2nnnc2/C=C2/CN(C(c3ccccc3)(c3ccccc3)c3ccccc3)CCC2O)cc1. The van der Waals surface area contributed by atoms with Crippen molar-refractivity contribution < 1.29 is 9.84 Å². The van der Waals surface area contributed by atoms with Crippen molar-refractivity contribution in [3.63, 3.8) is 0 Å². The van der Waals surface area contributed by atoms with Crippen molar-refractivity contribution in [1.29, 1.82) is 0 Å². The third-order valence-electron chi connectivity index (χ3n) is 7.89. The fraction of sp³-hybridized carbons (Fsp3) is 0.206. The van der Waals surface area contributed by atoms with Crippen LogP contribution in [0.4, 0.5) is 0 Å². The molecule has 0 spiro atoms. The molecule has 0 aliphatic carbocycles. The fourth-order valence-corrected chi connectivity index (χ4v) is 5.88. The minimum atomic E-state index is -0.586. The maximum absolute atomic E-state index is 11.2. The minimum Gasteiger partial charge on any atom is -0.497 e. The molecule has 206 valence electrons. The Morgan fingerprint density at radius 3 is 1.93 bits per heavy atom. The average Bonchev–Trinajstić information content (AvgIpc) is 3.47. The normalized spacial score (nSPS) is 17.0. The van der Waals surface area contributed by atoms with Gasteiger partial charge in [0, 0.05) is 13.1 Å². The molecule has 1 atom stereocenters. The minimum absolute atomic E-state index is 0.512. The Labute approximate surface area is 240 Å². The summed E-state index contributed by atoms with van der Waals surface area (Å²) in [4.78, 5) is 2.48. The number of likely N-dealkylation sites (tertiary alicyclic amines) is 1. The first-order valence-corrected chi connectivity index (χ1v) is 13.9. The van der Waals surface area contributed by atoms with Crippen molar-refractivity contribution in [2.24, 2.45) is 0 Å². The highest BCUT2D eigenvalue weighted by molar-refractivity contribution is 5.52. The molecule has 2 heterocycles. The molecular weight excluding hydrogens is 510 g/mol. The molecule has 4 aromatic carbocycles. The lowest BCUT2D eigenvalue weighted by atomic mass is 9.74. The zero-order valence-corrected chi connectivity index (χ0v) is 23.0. The zero-order chi connectivity index (χ0) is 28.1. The molecule has 0 radical (unpaired) electrons. The third kappa shape index (κ3) is 5.29. The summed E-state index contributed by atoms with van der Waals surface area (Å²) in [5, 5.41) is 23.7. The van der Waals surface area contributed by atoms with Gasteiger partial charge in [-0.25, -0.2) is 4.68 Å². The van der Waals surface area contributed by atoms with Gasteiger partial charge < -0.3 is 9.84 Å². The Kier molecular flexibility index (Phi) is 7.71. The number of piperidine rings is 1. The second-order valence-corrected chi connectivity index (χ2v) is 10.3. The maximum Gasteiger partial charge on any atom is 0.175 e. The molecule has 0 amide bonds. The number of benzene rings is 4. The van der Waals surface area contributed by atoms with E-state index in [4.69, 9.17) is 4.74 Å². The van der Waals surface area contributed by atoms with Crippen LogP contribution in [-0.4, -0.2) is 56.5 Å². The van der Waals surface area contributed by atoms with Gasteiger partial charge in [-0.3, -0.25) is 4.90 Å². The van der Waals surface area contributed by atoms with E-state index in [2.05, 4.69) is 111 Å². The van der Waals surface area contributed by atoms with Gasteiger partial charge in [0.2, 0.25) is 0 Å². The molecule has 1 aliphatic heterocycles. The first kappa shape index (κ1) is 26.6. The summed E-state index contributed by atoms with van der Waals surface area (Å²) in [5.41, 5.74) is 4.92. The summed E-state index contributed by atoms with van der Waals surface area (Å²) in [6, 6.07) is 39.8. The Morgan fingerprint density at radius 1 is 0.829 bits per heavy atom. The van der Waals surface area contributed by atoms with Crippen LogP contribution in [0.5, 0.6) is 5.75 Å². The van der Waals surface area contributed by atoms with Gasteiger partial charge in [0.05, 0.1) is 25.3 Å². The topological polar surface area (TPSA) is 76.3 Å². The first-order valence-electron chi connectivity index (χ1n) is 13.9. The van der Waals surface area contributed by atoms with Crippen molar-refractivity contribution in [2.45, 2.75) is 24.6 Å². The van der Waals surface area contributed by atoms with Crippen LogP contribution >= 0.6 is 0 Å². The van der Waals surface area contributed by atoms with Crippen molar-refractivity contribution >= 4 is 6.08 Å². The van der Waals surface area contributed by atoms with Crippen LogP contribution in [0.15, 0.2) is 121 Å². The first-order chi connectivity index (χ1) is 20.2. The van der Waals surface area contributed by atoms with Crippen LogP contribution in [0.25, 0.3) is 6.08 Å². The van der Waals surface area contributed by atoms with Gasteiger partial charge in [-0.15, -0.1) is 5.10 Å². The number of nitrogens with zero attached hydrogens (tertiary/aromatic N) is 5. The summed E-state index contributed by atoms with van der Waals surface area (Å²) in [6.07, 6.45) is 1.96. The standard InChI is InChI=1S/C34H33N5O2/c1-41-31-19-17-26(18-20-31)24-39-33(35-36-37-39)23-27-25-38(22-21-32(27)40)34(28-11-5-2-6-12-28,29-13-7-3-8-14-29)30-15-9-4-10-16-30/h2-20,23,32,40H,21-22,24-25H2,1H3/b27-23-. The Morgan fingerprint density at radius 2 is 1.39 bits per heavy atom. The van der Waals surface area contributed by atoms with Crippen LogP contribution < -0.4 is 4.74 Å². The van der Waals surface area contributed by atoms with E-state index in [1.54, 1.807) is 11.8 Å². The predicted molar refractivity (Wildman–Crippen MR) is 159 cm³/mol. The molecule has 0 bridgehead atoms. The average molecular weight is 544 g/mol. The summed E-state index contributed by atoms with van der Waals surface area (Å²) >= 11 is 0. The number of rotatable bonds is 8. The van der Waals surface area contributed by atoms with Crippen LogP contribution in [0.1, 0.15) is 34.5 Å². The number of hydrogen-bond donors (Lipinski definition) is 1. The van der Waals surface area contributed by atoms with E-state index in [9.17, 15) is 5.11 Å². The zero-order valence-electron chi connectivity index (χ0n) is 23.0. The van der Waals surface area contributed by atoms with E-state index in [0.717, 1.165) is 16.9 Å². The fourth-order valence-electron chi connectivity index (χ4n) is 5.88. The van der Waals surface area contributed by atoms with E-state index in [1.807, 2.05) is 30.3 Å². The molecule has 1 aliphatic rings. The summed E-state index contributed by atoms with van der Waals surface area (Å²) < 4.78 is 7.05. The Hall–Kier alpha value is -4.59. The molecule has 7 heteroatoms. The number of aromatic nitrogens is 4. The summed E-state index contributed by atoms with van der Waals surface area (Å²) in [5.74, 6) is 1.42. The molecule has 1 N–H and O–H groups in total. The van der Waals surface area contributed by atoms with Gasteiger partial charge in [0.25, 0.3) is 0 Å². The number of methoxy groups -OCH3 is 1. The summed E-state index contributed by atoms with van der Waals surface area (Å²) in [7, 11) is 1.65. The number of ether oxygens (including phenoxy) is 1. The van der Waals surface area contributed by atoms with Crippen molar-refractivity contribution in [3.05, 3.63) is 149 Å². The van der Waals surface area contributed by atoms with E-state index in [0.29, 0.717) is 31.9 Å². The van der Waals surface area contributed by atoms with E-state index in [1.165, 1.54) is 16.7 Å². The van der Waals surface area contributed by atoms with E-state index in [-0.39, 0.29) is 0 Å². The van der Waals surface area contributed by atoms with E-state index < -0.39 is 11.6 Å². The van der Waals surface area contributed by atoms with Crippen LogP contribution in [0, 0.1) is 0 Å². The van der Waals surface area contributed by atoms with Crippen molar-refractivity contribution in [3.8, 4) is 5.75 Å². The molecule has 5 aromatic rings. The highest BCUT2D eigenvalue weighted by atomic mass is 16.5. The molecule has 1 fully saturated rings. The summed E-state index contributed by atoms with van der Waals surface area (Å²) in [6.45, 7) is 1.78. The van der Waals surface area contributed by atoms with Gasteiger partial charge in [-0.2, -0.15) is 0 Å². The molecule has 7 nitrogen and oxygen atoms in total. The lowest BCUT2D eigenvalue weighted by Crippen LogP contribution is -2.52. The Balaban J connectivity index is 1.41. The molecule has 1 unspecified atom stereocenters. The molecule has 41 heavy (non-hydrogen) atoms. The largest absolute Gasteiger partial charge is 0.497 e. The van der Waals surface area contributed by atoms with Gasteiger partial charge in [0.1, 0.15) is 5.75 Å². The highest BCUT2D eigenvalue weighted by Gasteiger charge is 2.44. The van der Waals surface area contributed by atoms with E-state index >= 15 is 0 Å². The van der Waals surface area contributed by atoms with Crippen LogP contribution in [0.2, 0.25) is 0 Å². The molecule has 1 aromatic heterocycles. The van der Waals surface area contributed by atoms with Gasteiger partial charge in [-0.05, 0) is 62.9 Å². The monoisotopic (exact) mass is 543 g/mol. The second kappa shape index (κ2) is 11.9. The van der Waals surface area contributed by atoms with Gasteiger partial charge in [-0.1, -0.05) is 103 Å². The molecule has 0 saturated carbocycles. The van der Waals surface area contributed by atoms with Crippen LogP contribution in [0.3, 0.4) is 0 Å².